The smallest absolute Gasteiger partial charge is 0.347 e. The van der Waals surface area contributed by atoms with E-state index < -0.39 is 5.97 Å². The molecule has 0 atom stereocenters. The molecule has 0 bridgehead atoms. The Labute approximate surface area is 106 Å². The number of aromatic nitrogens is 1. The van der Waals surface area contributed by atoms with Gasteiger partial charge in [-0.05, 0) is 18.2 Å². The monoisotopic (exact) mass is 269 g/mol. The standard InChI is InChI=1S/C11H8ClNO3S/c1-16-8-3-2-6(12)4-7(8)10-13-5-9(17-10)11(14)15/h2-5H,1H3,(H,14,15). The molecular weight excluding hydrogens is 262 g/mol. The van der Waals surface area contributed by atoms with Gasteiger partial charge in [-0.1, -0.05) is 11.6 Å². The lowest BCUT2D eigenvalue weighted by Gasteiger charge is -2.05. The summed E-state index contributed by atoms with van der Waals surface area (Å²) in [6.45, 7) is 0. The average Bonchev–Trinajstić information content (AvgIpc) is 2.78. The predicted octanol–water partition coefficient (Wildman–Crippen LogP) is 3.17. The molecule has 0 saturated heterocycles. The molecule has 0 fully saturated rings. The van der Waals surface area contributed by atoms with E-state index in [4.69, 9.17) is 21.4 Å². The van der Waals surface area contributed by atoms with E-state index in [9.17, 15) is 4.79 Å². The van der Waals surface area contributed by atoms with E-state index in [2.05, 4.69) is 4.98 Å². The molecule has 0 aliphatic rings. The number of aromatic carboxylic acids is 1. The van der Waals surface area contributed by atoms with E-state index in [0.717, 1.165) is 11.3 Å². The van der Waals surface area contributed by atoms with Crippen molar-refractivity contribution in [2.75, 3.05) is 7.11 Å². The topological polar surface area (TPSA) is 59.4 Å². The van der Waals surface area contributed by atoms with Crippen LogP contribution in [0.5, 0.6) is 5.75 Å². The Morgan fingerprint density at radius 2 is 2.29 bits per heavy atom. The van der Waals surface area contributed by atoms with E-state index in [1.807, 2.05) is 0 Å². The third kappa shape index (κ3) is 2.40. The van der Waals surface area contributed by atoms with Gasteiger partial charge in [-0.15, -0.1) is 11.3 Å². The Balaban J connectivity index is 2.51. The summed E-state index contributed by atoms with van der Waals surface area (Å²) in [7, 11) is 1.54. The van der Waals surface area contributed by atoms with Crippen LogP contribution in [-0.4, -0.2) is 23.2 Å². The maximum atomic E-state index is 10.8. The Hall–Kier alpha value is -1.59. The zero-order chi connectivity index (χ0) is 12.4. The Morgan fingerprint density at radius 3 is 2.88 bits per heavy atom. The van der Waals surface area contributed by atoms with Crippen molar-refractivity contribution in [2.24, 2.45) is 0 Å². The van der Waals surface area contributed by atoms with E-state index in [1.54, 1.807) is 25.3 Å². The Kier molecular flexibility index (Phi) is 3.31. The maximum absolute atomic E-state index is 10.8. The first-order valence-corrected chi connectivity index (χ1v) is 5.84. The fraction of sp³-hybridized carbons (Fsp3) is 0.0909. The fourth-order valence-electron chi connectivity index (χ4n) is 1.34. The average molecular weight is 270 g/mol. The van der Waals surface area contributed by atoms with Crippen LogP contribution in [0.2, 0.25) is 5.02 Å². The van der Waals surface area contributed by atoms with Gasteiger partial charge in [0.25, 0.3) is 0 Å². The molecule has 88 valence electrons. The molecule has 0 saturated carbocycles. The summed E-state index contributed by atoms with van der Waals surface area (Å²) in [6, 6.07) is 5.12. The zero-order valence-corrected chi connectivity index (χ0v) is 10.4. The number of rotatable bonds is 3. The van der Waals surface area contributed by atoms with Crippen molar-refractivity contribution in [1.29, 1.82) is 0 Å². The molecule has 0 spiro atoms. The number of ether oxygens (including phenoxy) is 1. The lowest BCUT2D eigenvalue weighted by Crippen LogP contribution is -1.89. The molecule has 17 heavy (non-hydrogen) atoms. The summed E-state index contributed by atoms with van der Waals surface area (Å²) < 4.78 is 5.19. The first kappa shape index (κ1) is 11.9. The van der Waals surface area contributed by atoms with Crippen LogP contribution in [0.4, 0.5) is 0 Å². The van der Waals surface area contributed by atoms with Crippen molar-refractivity contribution >= 4 is 28.9 Å². The lowest BCUT2D eigenvalue weighted by atomic mass is 10.2. The van der Waals surface area contributed by atoms with Gasteiger partial charge in [-0.25, -0.2) is 9.78 Å². The van der Waals surface area contributed by atoms with Crippen LogP contribution >= 0.6 is 22.9 Å². The molecule has 1 aromatic carbocycles. The molecule has 1 heterocycles. The van der Waals surface area contributed by atoms with Gasteiger partial charge >= 0.3 is 5.97 Å². The Bertz CT molecular complexity index is 568. The highest BCUT2D eigenvalue weighted by molar-refractivity contribution is 7.16. The highest BCUT2D eigenvalue weighted by Gasteiger charge is 2.13. The van der Waals surface area contributed by atoms with E-state index >= 15 is 0 Å². The number of nitrogens with zero attached hydrogens (tertiary/aromatic N) is 1. The van der Waals surface area contributed by atoms with Crippen molar-refractivity contribution in [1.82, 2.24) is 4.98 Å². The van der Waals surface area contributed by atoms with Gasteiger partial charge in [-0.2, -0.15) is 0 Å². The van der Waals surface area contributed by atoms with Crippen LogP contribution in [-0.2, 0) is 0 Å². The Morgan fingerprint density at radius 1 is 1.53 bits per heavy atom. The number of carbonyl (C=O) groups is 1. The first-order valence-electron chi connectivity index (χ1n) is 4.65. The van der Waals surface area contributed by atoms with Crippen LogP contribution in [0.15, 0.2) is 24.4 Å². The number of carboxylic acid groups (broad SMARTS) is 1. The van der Waals surface area contributed by atoms with Crippen LogP contribution < -0.4 is 4.74 Å². The summed E-state index contributed by atoms with van der Waals surface area (Å²) in [5.74, 6) is -0.379. The molecule has 1 aromatic heterocycles. The summed E-state index contributed by atoms with van der Waals surface area (Å²) in [4.78, 5) is 15.0. The van der Waals surface area contributed by atoms with Crippen molar-refractivity contribution in [3.8, 4) is 16.3 Å². The molecule has 2 rings (SSSR count). The van der Waals surface area contributed by atoms with Gasteiger partial charge in [0.1, 0.15) is 15.6 Å². The number of carboxylic acids is 1. The highest BCUT2D eigenvalue weighted by atomic mass is 35.5. The molecule has 0 aliphatic heterocycles. The van der Waals surface area contributed by atoms with Gasteiger partial charge in [0.05, 0.1) is 18.9 Å². The van der Waals surface area contributed by atoms with Crippen molar-refractivity contribution in [3.05, 3.63) is 34.3 Å². The minimum absolute atomic E-state index is 0.182. The normalized spacial score (nSPS) is 10.2. The third-order valence-electron chi connectivity index (χ3n) is 2.11. The summed E-state index contributed by atoms with van der Waals surface area (Å²) in [5.41, 5.74) is 0.692. The van der Waals surface area contributed by atoms with Crippen LogP contribution in [0, 0.1) is 0 Å². The highest BCUT2D eigenvalue weighted by Crippen LogP contribution is 2.34. The number of hydrogen-bond acceptors (Lipinski definition) is 4. The number of thiazole rings is 1. The molecule has 0 amide bonds. The minimum Gasteiger partial charge on any atom is -0.496 e. The van der Waals surface area contributed by atoms with E-state index in [0.29, 0.717) is 21.3 Å². The van der Waals surface area contributed by atoms with Crippen LogP contribution in [0.3, 0.4) is 0 Å². The molecule has 1 N–H and O–H groups in total. The largest absolute Gasteiger partial charge is 0.496 e. The molecule has 0 radical (unpaired) electrons. The molecular formula is C11H8ClNO3S. The summed E-state index contributed by atoms with van der Waals surface area (Å²) >= 11 is 6.98. The SMILES string of the molecule is COc1ccc(Cl)cc1-c1ncc(C(=O)O)s1. The van der Waals surface area contributed by atoms with Gasteiger partial charge in [0.2, 0.25) is 0 Å². The zero-order valence-electron chi connectivity index (χ0n) is 8.81. The van der Waals surface area contributed by atoms with Gasteiger partial charge in [0, 0.05) is 5.02 Å². The molecule has 4 nitrogen and oxygen atoms in total. The molecule has 6 heteroatoms. The van der Waals surface area contributed by atoms with Crippen molar-refractivity contribution in [2.45, 2.75) is 0 Å². The summed E-state index contributed by atoms with van der Waals surface area (Å²) in [6.07, 6.45) is 1.32. The third-order valence-corrected chi connectivity index (χ3v) is 3.36. The molecule has 0 aliphatic carbocycles. The lowest BCUT2D eigenvalue weighted by molar-refractivity contribution is 0.0702. The second kappa shape index (κ2) is 4.73. The van der Waals surface area contributed by atoms with Gasteiger partial charge in [-0.3, -0.25) is 0 Å². The number of benzene rings is 1. The van der Waals surface area contributed by atoms with E-state index in [-0.39, 0.29) is 4.88 Å². The van der Waals surface area contributed by atoms with Crippen LogP contribution in [0.25, 0.3) is 10.6 Å². The minimum atomic E-state index is -0.991. The number of halogens is 1. The predicted molar refractivity (Wildman–Crippen MR) is 66.1 cm³/mol. The summed E-state index contributed by atoms with van der Waals surface area (Å²) in [5, 5.41) is 9.96. The van der Waals surface area contributed by atoms with Gasteiger partial charge in [0.15, 0.2) is 0 Å². The molecule has 0 unspecified atom stereocenters. The number of hydrogen-bond donors (Lipinski definition) is 1. The number of methoxy groups -OCH3 is 1. The van der Waals surface area contributed by atoms with E-state index in [1.165, 1.54) is 6.20 Å². The second-order valence-corrected chi connectivity index (χ2v) is 4.65. The molecule has 2 aromatic rings. The van der Waals surface area contributed by atoms with Crippen LogP contribution in [0.1, 0.15) is 9.67 Å². The van der Waals surface area contributed by atoms with Crippen molar-refractivity contribution < 1.29 is 14.6 Å². The first-order chi connectivity index (χ1) is 8.11. The maximum Gasteiger partial charge on any atom is 0.347 e. The second-order valence-electron chi connectivity index (χ2n) is 3.18. The van der Waals surface area contributed by atoms with Gasteiger partial charge < -0.3 is 9.84 Å². The quantitative estimate of drug-likeness (QED) is 0.930. The fourth-order valence-corrected chi connectivity index (χ4v) is 2.29. The van der Waals surface area contributed by atoms with Crippen molar-refractivity contribution in [3.63, 3.8) is 0 Å².